The highest BCUT2D eigenvalue weighted by Crippen LogP contribution is 2.38. The van der Waals surface area contributed by atoms with E-state index in [2.05, 4.69) is 29.6 Å². The molecule has 0 saturated carbocycles. The van der Waals surface area contributed by atoms with Gasteiger partial charge in [-0.15, -0.1) is 11.3 Å². The Morgan fingerprint density at radius 3 is 2.68 bits per heavy atom. The minimum atomic E-state index is 0.859. The number of hydrogen-bond donors (Lipinski definition) is 1. The van der Waals surface area contributed by atoms with Crippen molar-refractivity contribution in [3.05, 3.63) is 59.0 Å². The summed E-state index contributed by atoms with van der Waals surface area (Å²) in [5.74, 6) is 0.859. The molecule has 0 spiro atoms. The number of aryl methyl sites for hydroxylation is 2. The first kappa shape index (κ1) is 13.3. The average Bonchev–Trinajstić information content (AvgIpc) is 2.98. The lowest BCUT2D eigenvalue weighted by Crippen LogP contribution is -2.01. The topological polar surface area (TPSA) is 34.1 Å². The Hall–Kier alpha value is -2.33. The van der Waals surface area contributed by atoms with Crippen LogP contribution in [0.3, 0.4) is 0 Å². The number of methoxy groups -OCH3 is 1. The van der Waals surface area contributed by atoms with Crippen LogP contribution in [0.25, 0.3) is 11.3 Å². The average molecular weight is 308 g/mol. The van der Waals surface area contributed by atoms with Crippen molar-refractivity contribution in [3.63, 3.8) is 0 Å². The number of hydrogen-bond acceptors (Lipinski definition) is 4. The Morgan fingerprint density at radius 2 is 1.86 bits per heavy atom. The van der Waals surface area contributed by atoms with E-state index in [9.17, 15) is 0 Å². The van der Waals surface area contributed by atoms with Gasteiger partial charge < -0.3 is 10.1 Å². The van der Waals surface area contributed by atoms with Crippen LogP contribution in [0.5, 0.6) is 5.75 Å². The summed E-state index contributed by atoms with van der Waals surface area (Å²) in [5, 5.41) is 4.35. The third-order valence-corrected chi connectivity index (χ3v) is 4.96. The largest absolute Gasteiger partial charge is 0.497 e. The quantitative estimate of drug-likeness (QED) is 0.764. The maximum Gasteiger partial charge on any atom is 0.187 e. The van der Waals surface area contributed by atoms with E-state index in [0.717, 1.165) is 35.1 Å². The number of fused-ring (bicyclic) bond motifs is 3. The Morgan fingerprint density at radius 1 is 1.05 bits per heavy atom. The monoisotopic (exact) mass is 308 g/mol. The third kappa shape index (κ3) is 2.35. The molecule has 110 valence electrons. The van der Waals surface area contributed by atoms with E-state index in [1.54, 1.807) is 18.4 Å². The second-order valence-electron chi connectivity index (χ2n) is 5.30. The zero-order chi connectivity index (χ0) is 14.9. The summed E-state index contributed by atoms with van der Waals surface area (Å²) in [4.78, 5) is 6.18. The highest BCUT2D eigenvalue weighted by atomic mass is 32.1. The van der Waals surface area contributed by atoms with Crippen LogP contribution in [0, 0.1) is 0 Å². The lowest BCUT2D eigenvalue weighted by molar-refractivity contribution is 0.415. The Labute approximate surface area is 133 Å². The zero-order valence-corrected chi connectivity index (χ0v) is 13.1. The first-order valence-electron chi connectivity index (χ1n) is 7.32. The van der Waals surface area contributed by atoms with Crippen molar-refractivity contribution in [1.29, 1.82) is 0 Å². The molecule has 1 heterocycles. The minimum absolute atomic E-state index is 0.859. The number of thiazole rings is 1. The first-order chi connectivity index (χ1) is 10.8. The number of rotatable bonds is 3. The van der Waals surface area contributed by atoms with Gasteiger partial charge in [0.25, 0.3) is 0 Å². The lowest BCUT2D eigenvalue weighted by atomic mass is 9.94. The van der Waals surface area contributed by atoms with Gasteiger partial charge in [0.15, 0.2) is 5.13 Å². The molecule has 22 heavy (non-hydrogen) atoms. The summed E-state index contributed by atoms with van der Waals surface area (Å²) in [6.45, 7) is 0. The third-order valence-electron chi connectivity index (χ3n) is 3.93. The van der Waals surface area contributed by atoms with Gasteiger partial charge in [-0.05, 0) is 42.7 Å². The molecular formula is C18H16N2OS. The van der Waals surface area contributed by atoms with E-state index >= 15 is 0 Å². The van der Waals surface area contributed by atoms with Crippen LogP contribution in [0.4, 0.5) is 10.8 Å². The van der Waals surface area contributed by atoms with E-state index in [1.807, 2.05) is 24.3 Å². The van der Waals surface area contributed by atoms with Gasteiger partial charge in [0.1, 0.15) is 5.75 Å². The summed E-state index contributed by atoms with van der Waals surface area (Å²) < 4.78 is 5.18. The molecule has 3 nitrogen and oxygen atoms in total. The molecule has 0 saturated heterocycles. The molecule has 3 aromatic rings. The van der Waals surface area contributed by atoms with Gasteiger partial charge in [-0.3, -0.25) is 0 Å². The maximum atomic E-state index is 5.18. The fraction of sp³-hybridized carbons (Fsp3) is 0.167. The lowest BCUT2D eigenvalue weighted by Gasteiger charge is -2.13. The predicted octanol–water partition coefficient (Wildman–Crippen LogP) is 4.66. The molecule has 0 aliphatic heterocycles. The van der Waals surface area contributed by atoms with Crippen molar-refractivity contribution in [2.45, 2.75) is 12.8 Å². The first-order valence-corrected chi connectivity index (χ1v) is 8.14. The van der Waals surface area contributed by atoms with Crippen molar-refractivity contribution < 1.29 is 4.74 Å². The van der Waals surface area contributed by atoms with Crippen LogP contribution in [0.2, 0.25) is 0 Å². The van der Waals surface area contributed by atoms with Crippen molar-refractivity contribution >= 4 is 22.2 Å². The number of aromatic nitrogens is 1. The second-order valence-corrected chi connectivity index (χ2v) is 6.39. The van der Waals surface area contributed by atoms with E-state index in [4.69, 9.17) is 9.72 Å². The number of nitrogens with zero attached hydrogens (tertiary/aromatic N) is 1. The van der Waals surface area contributed by atoms with Gasteiger partial charge in [-0.25, -0.2) is 4.98 Å². The smallest absolute Gasteiger partial charge is 0.187 e. The van der Waals surface area contributed by atoms with E-state index in [-0.39, 0.29) is 0 Å². The molecule has 2 aromatic carbocycles. The highest BCUT2D eigenvalue weighted by Gasteiger charge is 2.20. The van der Waals surface area contributed by atoms with Gasteiger partial charge in [0.05, 0.1) is 12.8 Å². The van der Waals surface area contributed by atoms with Crippen molar-refractivity contribution in [2.24, 2.45) is 0 Å². The fourth-order valence-electron chi connectivity index (χ4n) is 2.80. The maximum absolute atomic E-state index is 5.18. The SMILES string of the molecule is COc1ccc(Nc2nc3c(s2)CCc2ccccc2-3)cc1. The number of benzene rings is 2. The number of ether oxygens (including phenoxy) is 1. The Bertz CT molecular complexity index is 808. The summed E-state index contributed by atoms with van der Waals surface area (Å²) in [5.41, 5.74) is 4.85. The second kappa shape index (κ2) is 5.46. The van der Waals surface area contributed by atoms with Crippen LogP contribution in [-0.2, 0) is 12.8 Å². The molecule has 0 atom stereocenters. The number of anilines is 2. The van der Waals surface area contributed by atoms with Gasteiger partial charge in [0, 0.05) is 16.1 Å². The predicted molar refractivity (Wildman–Crippen MR) is 91.2 cm³/mol. The van der Waals surface area contributed by atoms with E-state index in [0.29, 0.717) is 0 Å². The molecule has 1 aliphatic carbocycles. The summed E-state index contributed by atoms with van der Waals surface area (Å²) in [6, 6.07) is 16.5. The fourth-order valence-corrected chi connectivity index (χ4v) is 3.80. The van der Waals surface area contributed by atoms with Gasteiger partial charge in [-0.1, -0.05) is 24.3 Å². The van der Waals surface area contributed by atoms with E-state index < -0.39 is 0 Å². The standard InChI is InChI=1S/C18H16N2OS/c1-21-14-9-7-13(8-10-14)19-18-20-17-15-5-3-2-4-12(15)6-11-16(17)22-18/h2-5,7-10H,6,11H2,1H3,(H,19,20). The Kier molecular flexibility index (Phi) is 3.31. The molecular weight excluding hydrogens is 292 g/mol. The highest BCUT2D eigenvalue weighted by molar-refractivity contribution is 7.16. The van der Waals surface area contributed by atoms with Gasteiger partial charge in [-0.2, -0.15) is 0 Å². The van der Waals surface area contributed by atoms with Crippen molar-refractivity contribution in [1.82, 2.24) is 4.98 Å². The minimum Gasteiger partial charge on any atom is -0.497 e. The van der Waals surface area contributed by atoms with Crippen molar-refractivity contribution in [3.8, 4) is 17.0 Å². The zero-order valence-electron chi connectivity index (χ0n) is 12.3. The van der Waals surface area contributed by atoms with Gasteiger partial charge in [0.2, 0.25) is 0 Å². The van der Waals surface area contributed by atoms with Crippen LogP contribution >= 0.6 is 11.3 Å². The van der Waals surface area contributed by atoms with E-state index in [1.165, 1.54) is 16.0 Å². The molecule has 1 aliphatic rings. The van der Waals surface area contributed by atoms with Crippen LogP contribution < -0.4 is 10.1 Å². The summed E-state index contributed by atoms with van der Waals surface area (Å²) >= 11 is 1.75. The van der Waals surface area contributed by atoms with Crippen LogP contribution in [0.1, 0.15) is 10.4 Å². The molecule has 4 rings (SSSR count). The molecule has 0 bridgehead atoms. The molecule has 4 heteroatoms. The summed E-state index contributed by atoms with van der Waals surface area (Å²) in [7, 11) is 1.68. The molecule has 0 radical (unpaired) electrons. The molecule has 1 N–H and O–H groups in total. The molecule has 0 unspecified atom stereocenters. The van der Waals surface area contributed by atoms with Crippen molar-refractivity contribution in [2.75, 3.05) is 12.4 Å². The normalized spacial score (nSPS) is 12.4. The van der Waals surface area contributed by atoms with Crippen LogP contribution in [0.15, 0.2) is 48.5 Å². The molecule has 0 fully saturated rings. The summed E-state index contributed by atoms with van der Waals surface area (Å²) in [6.07, 6.45) is 2.18. The van der Waals surface area contributed by atoms with Crippen LogP contribution in [-0.4, -0.2) is 12.1 Å². The molecule has 1 aromatic heterocycles. The molecule has 0 amide bonds. The van der Waals surface area contributed by atoms with Gasteiger partial charge >= 0.3 is 0 Å². The number of nitrogens with one attached hydrogen (secondary N) is 1. The Balaban J connectivity index is 1.64.